The zero-order valence-electron chi connectivity index (χ0n) is 19.5. The lowest BCUT2D eigenvalue weighted by Crippen LogP contribution is -2.53. The number of benzene rings is 1. The summed E-state index contributed by atoms with van der Waals surface area (Å²) in [5.74, 6) is 0.273. The standard InChI is InChI=1S/C23H33F2N7O/c1-6-28-22(30(5)27-4)23-29-15(3)12-32(14-31(23)7-2)17-11-20(26)21(33-13-17)18-10-16(24)8-9-19(18)25/h8-10,17,20-21H,3-4,6-7,11-14,26H2,1-2,5H3/t17?,20?,21-/m1/s1. The minimum Gasteiger partial charge on any atom is -0.370 e. The Morgan fingerprint density at radius 3 is 2.76 bits per heavy atom. The second kappa shape index (κ2) is 11.0. The van der Waals surface area contributed by atoms with Crippen molar-refractivity contribution in [2.75, 3.05) is 40.0 Å². The van der Waals surface area contributed by atoms with Gasteiger partial charge in [0.25, 0.3) is 0 Å². The predicted octanol–water partition coefficient (Wildman–Crippen LogP) is 2.60. The molecule has 10 heteroatoms. The number of nitrogens with two attached hydrogens (primary N) is 1. The van der Waals surface area contributed by atoms with Gasteiger partial charge in [-0.25, -0.2) is 18.8 Å². The summed E-state index contributed by atoms with van der Waals surface area (Å²) < 4.78 is 33.9. The van der Waals surface area contributed by atoms with E-state index in [1.54, 1.807) is 12.1 Å². The molecule has 2 N–H and O–H groups in total. The van der Waals surface area contributed by atoms with E-state index >= 15 is 0 Å². The predicted molar refractivity (Wildman–Crippen MR) is 127 cm³/mol. The number of likely N-dealkylation sites (N-methyl/N-ethyl adjacent to an activating group) is 2. The van der Waals surface area contributed by atoms with E-state index < -0.39 is 23.8 Å². The highest BCUT2D eigenvalue weighted by Crippen LogP contribution is 2.32. The SMILES string of the molecule is C=NN(C)C(=NCC)C1=NC(=C)CN(C2CO[C@H](c3cc(F)ccc3F)C(N)C2)CN1CC. The Hall–Kier alpha value is -2.69. The van der Waals surface area contributed by atoms with Gasteiger partial charge in [0, 0.05) is 56.7 Å². The number of hydrogen-bond donors (Lipinski definition) is 1. The normalized spacial score (nSPS) is 25.0. The summed E-state index contributed by atoms with van der Waals surface area (Å²) >= 11 is 0. The van der Waals surface area contributed by atoms with Crippen LogP contribution in [0.1, 0.15) is 31.9 Å². The van der Waals surface area contributed by atoms with Crippen molar-refractivity contribution in [3.8, 4) is 0 Å². The summed E-state index contributed by atoms with van der Waals surface area (Å²) in [4.78, 5) is 13.6. The third-order valence-electron chi connectivity index (χ3n) is 5.89. The van der Waals surface area contributed by atoms with Crippen LogP contribution in [0.4, 0.5) is 8.78 Å². The van der Waals surface area contributed by atoms with Crippen molar-refractivity contribution in [2.24, 2.45) is 20.8 Å². The van der Waals surface area contributed by atoms with Crippen LogP contribution in [-0.2, 0) is 4.74 Å². The zero-order valence-corrected chi connectivity index (χ0v) is 19.5. The van der Waals surface area contributed by atoms with E-state index in [0.29, 0.717) is 56.7 Å². The molecular formula is C23H33F2N7O. The molecule has 2 aliphatic heterocycles. The molecule has 1 saturated heterocycles. The Morgan fingerprint density at radius 1 is 1.36 bits per heavy atom. The van der Waals surface area contributed by atoms with Crippen LogP contribution in [0.25, 0.3) is 0 Å². The van der Waals surface area contributed by atoms with Crippen LogP contribution in [0.15, 0.2) is 45.6 Å². The number of rotatable bonds is 6. The Balaban J connectivity index is 1.78. The van der Waals surface area contributed by atoms with E-state index in [0.717, 1.165) is 18.2 Å². The summed E-state index contributed by atoms with van der Waals surface area (Å²) in [5.41, 5.74) is 7.22. The Labute approximate surface area is 194 Å². The number of halogens is 2. The lowest BCUT2D eigenvalue weighted by atomic mass is 9.93. The van der Waals surface area contributed by atoms with E-state index in [-0.39, 0.29) is 11.6 Å². The Kier molecular flexibility index (Phi) is 8.28. The summed E-state index contributed by atoms with van der Waals surface area (Å²) in [7, 11) is 1.78. The number of amidine groups is 2. The highest BCUT2D eigenvalue weighted by Gasteiger charge is 2.36. The van der Waals surface area contributed by atoms with Gasteiger partial charge in [0.2, 0.25) is 0 Å². The minimum atomic E-state index is -0.697. The van der Waals surface area contributed by atoms with Crippen molar-refractivity contribution in [2.45, 2.75) is 38.5 Å². The smallest absolute Gasteiger partial charge is 0.187 e. The van der Waals surface area contributed by atoms with E-state index in [4.69, 9.17) is 15.5 Å². The van der Waals surface area contributed by atoms with E-state index in [2.05, 4.69) is 33.2 Å². The first kappa shape index (κ1) is 24.9. The van der Waals surface area contributed by atoms with Crippen LogP contribution in [0.3, 0.4) is 0 Å². The molecule has 0 bridgehead atoms. The van der Waals surface area contributed by atoms with Crippen LogP contribution >= 0.6 is 0 Å². The third kappa shape index (κ3) is 5.63. The second-order valence-electron chi connectivity index (χ2n) is 8.18. The molecule has 0 spiro atoms. The molecule has 0 aliphatic carbocycles. The van der Waals surface area contributed by atoms with Gasteiger partial charge < -0.3 is 15.4 Å². The molecular weight excluding hydrogens is 428 g/mol. The maximum Gasteiger partial charge on any atom is 0.187 e. The number of hydrogen-bond acceptors (Lipinski definition) is 7. The van der Waals surface area contributed by atoms with Gasteiger partial charge >= 0.3 is 0 Å². The first-order chi connectivity index (χ1) is 15.8. The number of nitrogens with zero attached hydrogens (tertiary/aromatic N) is 6. The van der Waals surface area contributed by atoms with Crippen molar-refractivity contribution < 1.29 is 13.5 Å². The number of hydrazone groups is 1. The van der Waals surface area contributed by atoms with Crippen LogP contribution < -0.4 is 5.73 Å². The van der Waals surface area contributed by atoms with Gasteiger partial charge in [-0.05, 0) is 38.5 Å². The average molecular weight is 462 g/mol. The van der Waals surface area contributed by atoms with Crippen molar-refractivity contribution in [1.82, 2.24) is 14.8 Å². The van der Waals surface area contributed by atoms with Crippen LogP contribution in [-0.4, -0.2) is 85.2 Å². The molecule has 0 radical (unpaired) electrons. The van der Waals surface area contributed by atoms with Gasteiger partial charge in [-0.1, -0.05) is 6.58 Å². The number of aliphatic imine (C=N–C) groups is 2. The largest absolute Gasteiger partial charge is 0.370 e. The third-order valence-corrected chi connectivity index (χ3v) is 5.89. The van der Waals surface area contributed by atoms with Gasteiger partial charge in [0.1, 0.15) is 17.7 Å². The van der Waals surface area contributed by atoms with E-state index in [1.165, 1.54) is 0 Å². The fourth-order valence-electron chi connectivity index (χ4n) is 4.20. The fourth-order valence-corrected chi connectivity index (χ4v) is 4.20. The van der Waals surface area contributed by atoms with Crippen molar-refractivity contribution >= 4 is 18.4 Å². The topological polar surface area (TPSA) is 82.0 Å². The number of ether oxygens (including phenoxy) is 1. The van der Waals surface area contributed by atoms with Crippen LogP contribution in [0.2, 0.25) is 0 Å². The molecule has 1 aromatic carbocycles. The highest BCUT2D eigenvalue weighted by molar-refractivity contribution is 6.40. The maximum absolute atomic E-state index is 14.3. The molecule has 1 aromatic rings. The first-order valence-electron chi connectivity index (χ1n) is 11.1. The lowest BCUT2D eigenvalue weighted by molar-refractivity contribution is -0.0553. The van der Waals surface area contributed by atoms with Crippen molar-refractivity contribution in [1.29, 1.82) is 0 Å². The summed E-state index contributed by atoms with van der Waals surface area (Å²) in [6.45, 7) is 14.4. The molecule has 0 saturated carbocycles. The van der Waals surface area contributed by atoms with Crippen LogP contribution in [0.5, 0.6) is 0 Å². The Morgan fingerprint density at radius 2 is 2.12 bits per heavy atom. The quantitative estimate of drug-likeness (QED) is 0.400. The van der Waals surface area contributed by atoms with Gasteiger partial charge in [0.15, 0.2) is 11.7 Å². The average Bonchev–Trinajstić information content (AvgIpc) is 2.97. The highest BCUT2D eigenvalue weighted by atomic mass is 19.1. The van der Waals surface area contributed by atoms with E-state index in [1.807, 2.05) is 13.8 Å². The molecule has 0 aromatic heterocycles. The van der Waals surface area contributed by atoms with Crippen molar-refractivity contribution in [3.05, 3.63) is 47.7 Å². The molecule has 3 rings (SSSR count). The lowest BCUT2D eigenvalue weighted by Gasteiger charge is -2.41. The molecule has 3 atom stereocenters. The summed E-state index contributed by atoms with van der Waals surface area (Å²) in [6, 6.07) is 2.83. The minimum absolute atomic E-state index is 0.0324. The molecule has 180 valence electrons. The monoisotopic (exact) mass is 461 g/mol. The zero-order chi connectivity index (χ0) is 24.1. The molecule has 0 amide bonds. The van der Waals surface area contributed by atoms with E-state index in [9.17, 15) is 8.78 Å². The molecule has 8 nitrogen and oxygen atoms in total. The molecule has 1 fully saturated rings. The molecule has 2 unspecified atom stereocenters. The second-order valence-corrected chi connectivity index (χ2v) is 8.18. The Bertz CT molecular complexity index is 935. The summed E-state index contributed by atoms with van der Waals surface area (Å²) in [5, 5.41) is 5.59. The molecule has 33 heavy (non-hydrogen) atoms. The van der Waals surface area contributed by atoms with Gasteiger partial charge in [-0.3, -0.25) is 9.89 Å². The fraction of sp³-hybridized carbons (Fsp3) is 0.522. The van der Waals surface area contributed by atoms with Crippen molar-refractivity contribution in [3.63, 3.8) is 0 Å². The summed E-state index contributed by atoms with van der Waals surface area (Å²) in [6.07, 6.45) is -0.137. The van der Waals surface area contributed by atoms with Gasteiger partial charge in [-0.15, -0.1) is 0 Å². The van der Waals surface area contributed by atoms with Gasteiger partial charge in [0.05, 0.1) is 13.3 Å². The van der Waals surface area contributed by atoms with Crippen LogP contribution in [0, 0.1) is 11.6 Å². The first-order valence-corrected chi connectivity index (χ1v) is 11.1. The molecule has 2 aliphatic rings. The van der Waals surface area contributed by atoms with Gasteiger partial charge in [-0.2, -0.15) is 5.10 Å². The molecule has 2 heterocycles. The maximum atomic E-state index is 14.3.